The monoisotopic (exact) mass is 614 g/mol. The van der Waals surface area contributed by atoms with Crippen LogP contribution in [0, 0.1) is 0 Å². The summed E-state index contributed by atoms with van der Waals surface area (Å²) in [5, 5.41) is 43.3. The number of benzene rings is 3. The smallest absolute Gasteiger partial charge is 0.374 e. The molecule has 1 unspecified atom stereocenters. The number of hydrogen-bond donors (Lipinski definition) is 4. The molecule has 14 nitrogen and oxygen atoms in total. The van der Waals surface area contributed by atoms with Crippen molar-refractivity contribution in [3.8, 4) is 46.0 Å². The van der Waals surface area contributed by atoms with Gasteiger partial charge in [-0.15, -0.1) is 0 Å². The predicted octanol–water partition coefficient (Wildman–Crippen LogP) is 3.13. The lowest BCUT2D eigenvalue weighted by Crippen LogP contribution is -2.12. The molecule has 4 aromatic rings. The number of hydrogen-bond acceptors (Lipinski definition) is 14. The summed E-state index contributed by atoms with van der Waals surface area (Å²) in [4.78, 5) is 37.6. The third-order valence-electron chi connectivity index (χ3n) is 7.06. The van der Waals surface area contributed by atoms with Gasteiger partial charge in [-0.25, -0.2) is 9.59 Å². The molecule has 0 bridgehead atoms. The van der Waals surface area contributed by atoms with Crippen LogP contribution in [-0.2, 0) is 16.0 Å². The number of methoxy groups -OCH3 is 6. The number of Topliss-reactive ketones (excluding diaryl/α,β-unsaturated/α-hetero) is 1. The highest BCUT2D eigenvalue weighted by molar-refractivity contribution is 6.07. The molecule has 0 radical (unpaired) electrons. The van der Waals surface area contributed by atoms with Crippen LogP contribution in [0.1, 0.15) is 34.2 Å². The van der Waals surface area contributed by atoms with Crippen molar-refractivity contribution in [2.24, 2.45) is 0 Å². The minimum Gasteiger partial charge on any atom is -0.504 e. The first-order chi connectivity index (χ1) is 21.0. The molecule has 14 heteroatoms. The van der Waals surface area contributed by atoms with Gasteiger partial charge in [0.15, 0.2) is 34.5 Å². The molecule has 0 amide bonds. The van der Waals surface area contributed by atoms with Gasteiger partial charge in [-0.3, -0.25) is 4.79 Å². The van der Waals surface area contributed by atoms with E-state index in [0.717, 1.165) is 19.2 Å². The molecule has 1 heterocycles. The summed E-state index contributed by atoms with van der Waals surface area (Å²) < 4.78 is 37.0. The number of phenols is 3. The fourth-order valence-electron chi connectivity index (χ4n) is 5.08. The van der Waals surface area contributed by atoms with Crippen molar-refractivity contribution < 1.29 is 62.9 Å². The molecule has 0 aliphatic carbocycles. The van der Waals surface area contributed by atoms with Crippen LogP contribution < -0.4 is 29.3 Å². The number of phenolic OH excluding ortho intramolecular Hbond substituents is 3. The maximum absolute atomic E-state index is 13.3. The molecule has 0 saturated carbocycles. The van der Waals surface area contributed by atoms with E-state index in [9.17, 15) is 34.8 Å². The van der Waals surface area contributed by atoms with Crippen LogP contribution >= 0.6 is 0 Å². The lowest BCUT2D eigenvalue weighted by molar-refractivity contribution is -0.120. The van der Waals surface area contributed by atoms with Crippen LogP contribution in [0.2, 0.25) is 0 Å². The number of aliphatic hydroxyl groups is 1. The summed E-state index contributed by atoms with van der Waals surface area (Å²) in [6, 6.07) is 3.75. The van der Waals surface area contributed by atoms with Gasteiger partial charge < -0.3 is 53.3 Å². The topological polar surface area (TPSA) is 201 Å². The lowest BCUT2D eigenvalue weighted by Gasteiger charge is -2.22. The van der Waals surface area contributed by atoms with Crippen LogP contribution in [0.15, 0.2) is 27.4 Å². The molecule has 1 atom stereocenters. The Morgan fingerprint density at radius 3 is 1.95 bits per heavy atom. The predicted molar refractivity (Wildman–Crippen MR) is 154 cm³/mol. The third kappa shape index (κ3) is 5.19. The van der Waals surface area contributed by atoms with Gasteiger partial charge in [0.25, 0.3) is 0 Å². The summed E-state index contributed by atoms with van der Waals surface area (Å²) in [6.07, 6.45) is -2.79. The van der Waals surface area contributed by atoms with E-state index < -0.39 is 64.7 Å². The Hall–Kier alpha value is -5.37. The van der Waals surface area contributed by atoms with Gasteiger partial charge >= 0.3 is 11.6 Å². The van der Waals surface area contributed by atoms with Crippen molar-refractivity contribution >= 4 is 33.3 Å². The molecule has 0 saturated heterocycles. The highest BCUT2D eigenvalue weighted by atomic mass is 16.5. The number of aromatic hydroxyl groups is 3. The van der Waals surface area contributed by atoms with E-state index in [4.69, 9.17) is 28.1 Å². The molecular weight excluding hydrogens is 584 g/mol. The van der Waals surface area contributed by atoms with Crippen molar-refractivity contribution in [2.45, 2.75) is 18.9 Å². The Bertz CT molecular complexity index is 1840. The van der Waals surface area contributed by atoms with Gasteiger partial charge in [-0.05, 0) is 17.5 Å². The molecule has 234 valence electrons. The van der Waals surface area contributed by atoms with Crippen LogP contribution in [0.4, 0.5) is 0 Å². The minimum absolute atomic E-state index is 0.00507. The summed E-state index contributed by atoms with van der Waals surface area (Å²) in [5.41, 5.74) is -1.44. The fourth-order valence-corrected chi connectivity index (χ4v) is 5.08. The summed E-state index contributed by atoms with van der Waals surface area (Å²) in [5.74, 6) is -3.56. The van der Waals surface area contributed by atoms with Crippen LogP contribution in [0.3, 0.4) is 0 Å². The summed E-state index contributed by atoms with van der Waals surface area (Å²) >= 11 is 0. The number of ketones is 1. The average molecular weight is 615 g/mol. The van der Waals surface area contributed by atoms with Crippen molar-refractivity contribution in [1.82, 2.24) is 0 Å². The van der Waals surface area contributed by atoms with Gasteiger partial charge in [-0.2, -0.15) is 0 Å². The quantitative estimate of drug-likeness (QED) is 0.142. The fraction of sp³-hybridized carbons (Fsp3) is 0.300. The number of rotatable bonds is 11. The van der Waals surface area contributed by atoms with Crippen LogP contribution in [0.25, 0.3) is 21.5 Å². The normalized spacial score (nSPS) is 11.7. The van der Waals surface area contributed by atoms with E-state index in [1.165, 1.54) is 41.6 Å². The van der Waals surface area contributed by atoms with E-state index in [-0.39, 0.29) is 50.6 Å². The number of aliphatic hydroxyl groups excluding tert-OH is 1. The first-order valence-corrected chi connectivity index (χ1v) is 12.9. The molecular formula is C30H30O14. The van der Waals surface area contributed by atoms with Gasteiger partial charge in [0.1, 0.15) is 22.7 Å². The van der Waals surface area contributed by atoms with E-state index in [2.05, 4.69) is 4.74 Å². The maximum Gasteiger partial charge on any atom is 0.374 e. The van der Waals surface area contributed by atoms with E-state index in [1.54, 1.807) is 0 Å². The second-order valence-electron chi connectivity index (χ2n) is 9.41. The lowest BCUT2D eigenvalue weighted by atomic mass is 9.94. The first kappa shape index (κ1) is 31.6. The van der Waals surface area contributed by atoms with Crippen LogP contribution in [0.5, 0.6) is 46.0 Å². The molecule has 4 N–H and O–H groups in total. The van der Waals surface area contributed by atoms with Gasteiger partial charge in [0, 0.05) is 30.0 Å². The minimum atomic E-state index is -1.69. The number of esters is 1. The van der Waals surface area contributed by atoms with Crippen molar-refractivity contribution in [1.29, 1.82) is 0 Å². The standard InChI is InChI=1S/C30H30O14/c1-38-17-11-18(39-2)27(41-4)22-21(17)26(40-3)15(24(34)28(22)42-5)9-13(31)10-16(32)14-7-12-8-19(29(36)43-6)44-30(37)20(12)25(35)23(14)33/h7-8,11,16,32-35H,9-10H2,1-6H3. The van der Waals surface area contributed by atoms with E-state index in [1.807, 2.05) is 0 Å². The van der Waals surface area contributed by atoms with E-state index in [0.29, 0.717) is 5.39 Å². The van der Waals surface area contributed by atoms with Crippen molar-refractivity contribution in [2.75, 3.05) is 42.7 Å². The number of ether oxygens (including phenoxy) is 6. The number of carbonyl (C=O) groups is 2. The zero-order chi connectivity index (χ0) is 32.5. The Labute approximate surface area is 249 Å². The van der Waals surface area contributed by atoms with E-state index >= 15 is 0 Å². The second-order valence-corrected chi connectivity index (χ2v) is 9.41. The SMILES string of the molecule is COC(=O)c1cc2cc(C(O)CC(=O)Cc3c(O)c(OC)c4c(OC)c(OC)cc(OC)c4c3OC)c(O)c(O)c2c(=O)o1. The average Bonchev–Trinajstić information content (AvgIpc) is 3.01. The molecule has 0 fully saturated rings. The largest absolute Gasteiger partial charge is 0.504 e. The second kappa shape index (κ2) is 12.5. The molecule has 3 aromatic carbocycles. The Morgan fingerprint density at radius 2 is 1.39 bits per heavy atom. The summed E-state index contributed by atoms with van der Waals surface area (Å²) in [7, 11) is 7.93. The zero-order valence-electron chi connectivity index (χ0n) is 24.6. The van der Waals surface area contributed by atoms with Gasteiger partial charge in [-0.1, -0.05) is 0 Å². The molecule has 1 aromatic heterocycles. The van der Waals surface area contributed by atoms with Gasteiger partial charge in [0.2, 0.25) is 5.76 Å². The Balaban J connectivity index is 1.79. The summed E-state index contributed by atoms with van der Waals surface area (Å²) in [6.45, 7) is 0. The molecule has 44 heavy (non-hydrogen) atoms. The van der Waals surface area contributed by atoms with Crippen molar-refractivity contribution in [3.05, 3.63) is 45.5 Å². The maximum atomic E-state index is 13.3. The molecule has 4 rings (SSSR count). The Morgan fingerprint density at radius 1 is 0.750 bits per heavy atom. The molecule has 0 spiro atoms. The highest BCUT2D eigenvalue weighted by Gasteiger charge is 2.30. The number of carbonyl (C=O) groups excluding carboxylic acids is 2. The first-order valence-electron chi connectivity index (χ1n) is 12.9. The zero-order valence-corrected chi connectivity index (χ0v) is 24.6. The van der Waals surface area contributed by atoms with Gasteiger partial charge in [0.05, 0.1) is 59.5 Å². The third-order valence-corrected chi connectivity index (χ3v) is 7.06. The Kier molecular flexibility index (Phi) is 8.95. The molecule has 0 aliphatic rings. The van der Waals surface area contributed by atoms with Crippen molar-refractivity contribution in [3.63, 3.8) is 0 Å². The van der Waals surface area contributed by atoms with Crippen LogP contribution in [-0.4, -0.2) is 74.8 Å². The molecule has 0 aliphatic heterocycles. The number of fused-ring (bicyclic) bond motifs is 2. The highest BCUT2D eigenvalue weighted by Crippen LogP contribution is 2.55.